The molecule has 4 nitrogen and oxygen atoms in total. The number of hydrogen-bond acceptors (Lipinski definition) is 3. The Balaban J connectivity index is 2.06. The van der Waals surface area contributed by atoms with Crippen molar-refractivity contribution < 1.29 is 4.74 Å². The predicted molar refractivity (Wildman–Crippen MR) is 90.5 cm³/mol. The van der Waals surface area contributed by atoms with E-state index in [9.17, 15) is 0 Å². The van der Waals surface area contributed by atoms with Gasteiger partial charge in [0, 0.05) is 41.6 Å². The Bertz CT molecular complexity index is 601. The molecule has 114 valence electrons. The zero-order chi connectivity index (χ0) is 15.2. The van der Waals surface area contributed by atoms with Crippen LogP contribution in [0.2, 0.25) is 5.02 Å². The monoisotopic (exact) mass is 371 g/mol. The van der Waals surface area contributed by atoms with Crippen molar-refractivity contribution in [3.05, 3.63) is 39.6 Å². The highest BCUT2D eigenvalue weighted by molar-refractivity contribution is 9.10. The SMILES string of the molecule is CCOCCCn1ccnc1Nc1cc(Cl)c(C)cc1Br. The average Bonchev–Trinajstić information content (AvgIpc) is 2.88. The highest BCUT2D eigenvalue weighted by Crippen LogP contribution is 2.31. The van der Waals surface area contributed by atoms with Crippen molar-refractivity contribution in [3.63, 3.8) is 0 Å². The number of hydrogen-bond donors (Lipinski definition) is 1. The molecule has 6 heteroatoms. The number of aromatic nitrogens is 2. The molecule has 0 fully saturated rings. The molecule has 1 aromatic carbocycles. The number of imidazole rings is 1. The van der Waals surface area contributed by atoms with Crippen LogP contribution in [0.1, 0.15) is 18.9 Å². The van der Waals surface area contributed by atoms with Gasteiger partial charge < -0.3 is 14.6 Å². The van der Waals surface area contributed by atoms with Gasteiger partial charge in [-0.25, -0.2) is 4.98 Å². The molecule has 0 aliphatic rings. The number of ether oxygens (including phenoxy) is 1. The highest BCUT2D eigenvalue weighted by Gasteiger charge is 2.08. The van der Waals surface area contributed by atoms with Gasteiger partial charge in [0.1, 0.15) is 0 Å². The lowest BCUT2D eigenvalue weighted by molar-refractivity contribution is 0.142. The highest BCUT2D eigenvalue weighted by atomic mass is 79.9. The van der Waals surface area contributed by atoms with Gasteiger partial charge in [0.25, 0.3) is 0 Å². The summed E-state index contributed by atoms with van der Waals surface area (Å²) in [5.41, 5.74) is 1.94. The molecule has 2 aromatic rings. The average molecular weight is 373 g/mol. The smallest absolute Gasteiger partial charge is 0.207 e. The Morgan fingerprint density at radius 2 is 2.24 bits per heavy atom. The molecule has 0 amide bonds. The van der Waals surface area contributed by atoms with Crippen LogP contribution in [0.25, 0.3) is 0 Å². The molecule has 2 rings (SSSR count). The van der Waals surface area contributed by atoms with Crippen molar-refractivity contribution in [2.24, 2.45) is 0 Å². The lowest BCUT2D eigenvalue weighted by Gasteiger charge is -2.12. The molecule has 0 atom stereocenters. The van der Waals surface area contributed by atoms with E-state index in [0.717, 1.165) is 52.9 Å². The zero-order valence-corrected chi connectivity index (χ0v) is 14.5. The number of benzene rings is 1. The van der Waals surface area contributed by atoms with E-state index in [1.165, 1.54) is 0 Å². The molecule has 0 radical (unpaired) electrons. The molecule has 1 N–H and O–H groups in total. The molecule has 0 aliphatic heterocycles. The molecule has 21 heavy (non-hydrogen) atoms. The topological polar surface area (TPSA) is 39.1 Å². The summed E-state index contributed by atoms with van der Waals surface area (Å²) in [5, 5.41) is 4.04. The summed E-state index contributed by atoms with van der Waals surface area (Å²) in [5.74, 6) is 0.798. The fraction of sp³-hybridized carbons (Fsp3) is 0.400. The molecular weight excluding hydrogens is 354 g/mol. The lowest BCUT2D eigenvalue weighted by atomic mass is 10.2. The third-order valence-corrected chi connectivity index (χ3v) is 4.17. The van der Waals surface area contributed by atoms with Crippen molar-refractivity contribution in [1.82, 2.24) is 9.55 Å². The second kappa shape index (κ2) is 7.82. The minimum Gasteiger partial charge on any atom is -0.382 e. The number of nitrogens with zero attached hydrogens (tertiary/aromatic N) is 2. The maximum Gasteiger partial charge on any atom is 0.207 e. The summed E-state index contributed by atoms with van der Waals surface area (Å²) in [6, 6.07) is 3.90. The van der Waals surface area contributed by atoms with Gasteiger partial charge in [0.05, 0.1) is 5.69 Å². The summed E-state index contributed by atoms with van der Waals surface area (Å²) in [7, 11) is 0. The van der Waals surface area contributed by atoms with Crippen molar-refractivity contribution in [2.75, 3.05) is 18.5 Å². The van der Waals surface area contributed by atoms with Crippen LogP contribution < -0.4 is 5.32 Å². The van der Waals surface area contributed by atoms with E-state index < -0.39 is 0 Å². The van der Waals surface area contributed by atoms with Crippen molar-refractivity contribution in [3.8, 4) is 0 Å². The van der Waals surface area contributed by atoms with E-state index >= 15 is 0 Å². The first-order valence-corrected chi connectivity index (χ1v) is 8.10. The summed E-state index contributed by atoms with van der Waals surface area (Å²) < 4.78 is 8.39. The first kappa shape index (κ1) is 16.3. The van der Waals surface area contributed by atoms with Gasteiger partial charge in [-0.1, -0.05) is 11.6 Å². The van der Waals surface area contributed by atoms with Gasteiger partial charge in [-0.2, -0.15) is 0 Å². The number of rotatable bonds is 7. The van der Waals surface area contributed by atoms with Crippen LogP contribution in [0.3, 0.4) is 0 Å². The van der Waals surface area contributed by atoms with Gasteiger partial charge in [-0.15, -0.1) is 0 Å². The fourth-order valence-corrected chi connectivity index (χ4v) is 2.68. The Kier molecular flexibility index (Phi) is 6.08. The largest absolute Gasteiger partial charge is 0.382 e. The van der Waals surface area contributed by atoms with Crippen LogP contribution in [-0.4, -0.2) is 22.8 Å². The molecule has 0 spiro atoms. The van der Waals surface area contributed by atoms with Gasteiger partial charge in [0.2, 0.25) is 5.95 Å². The number of anilines is 2. The van der Waals surface area contributed by atoms with E-state index in [1.807, 2.05) is 32.2 Å². The summed E-state index contributed by atoms with van der Waals surface area (Å²) >= 11 is 9.73. The first-order valence-electron chi connectivity index (χ1n) is 6.93. The molecule has 0 aliphatic carbocycles. The molecule has 0 saturated carbocycles. The maximum atomic E-state index is 6.18. The normalized spacial score (nSPS) is 10.9. The summed E-state index contributed by atoms with van der Waals surface area (Å²) in [4.78, 5) is 4.35. The third kappa shape index (κ3) is 4.46. The van der Waals surface area contributed by atoms with Gasteiger partial charge in [0.15, 0.2) is 0 Å². The van der Waals surface area contributed by atoms with Crippen LogP contribution >= 0.6 is 27.5 Å². The van der Waals surface area contributed by atoms with Crippen molar-refractivity contribution in [1.29, 1.82) is 0 Å². The molecule has 1 aromatic heterocycles. The minimum absolute atomic E-state index is 0.732. The molecule has 0 saturated heterocycles. The Morgan fingerprint density at radius 3 is 3.00 bits per heavy atom. The van der Waals surface area contributed by atoms with Crippen LogP contribution in [0.4, 0.5) is 11.6 Å². The van der Waals surface area contributed by atoms with Crippen LogP contribution in [-0.2, 0) is 11.3 Å². The molecular formula is C15H19BrClN3O. The Hall–Kier alpha value is -1.04. The van der Waals surface area contributed by atoms with Gasteiger partial charge in [-0.05, 0) is 53.9 Å². The fourth-order valence-electron chi connectivity index (χ4n) is 1.96. The van der Waals surface area contributed by atoms with Gasteiger partial charge in [-0.3, -0.25) is 0 Å². The van der Waals surface area contributed by atoms with E-state index in [1.54, 1.807) is 6.20 Å². The molecule has 1 heterocycles. The lowest BCUT2D eigenvalue weighted by Crippen LogP contribution is -2.06. The van der Waals surface area contributed by atoms with E-state index in [2.05, 4.69) is 30.8 Å². The van der Waals surface area contributed by atoms with E-state index in [0.29, 0.717) is 0 Å². The number of halogens is 2. The van der Waals surface area contributed by atoms with Crippen molar-refractivity contribution >= 4 is 39.2 Å². The Morgan fingerprint density at radius 1 is 1.43 bits per heavy atom. The third-order valence-electron chi connectivity index (χ3n) is 3.10. The predicted octanol–water partition coefficient (Wildman–Crippen LogP) is 4.78. The van der Waals surface area contributed by atoms with Crippen LogP contribution in [0, 0.1) is 6.92 Å². The van der Waals surface area contributed by atoms with E-state index in [4.69, 9.17) is 16.3 Å². The van der Waals surface area contributed by atoms with Crippen molar-refractivity contribution in [2.45, 2.75) is 26.8 Å². The minimum atomic E-state index is 0.732. The maximum absolute atomic E-state index is 6.18. The summed E-state index contributed by atoms with van der Waals surface area (Å²) in [6.45, 7) is 6.35. The zero-order valence-electron chi connectivity index (χ0n) is 12.2. The quantitative estimate of drug-likeness (QED) is 0.711. The standard InChI is InChI=1S/C15H19BrClN3O/c1-3-21-8-4-6-20-7-5-18-15(20)19-14-10-13(17)11(2)9-12(14)16/h5,7,9-10H,3-4,6,8H2,1-2H3,(H,18,19). The Labute approximate surface area is 138 Å². The van der Waals surface area contributed by atoms with Crippen LogP contribution in [0.5, 0.6) is 0 Å². The van der Waals surface area contributed by atoms with Crippen LogP contribution in [0.15, 0.2) is 29.0 Å². The summed E-state index contributed by atoms with van der Waals surface area (Å²) in [6.07, 6.45) is 4.69. The second-order valence-electron chi connectivity index (χ2n) is 4.70. The molecule has 0 bridgehead atoms. The number of nitrogens with one attached hydrogen (secondary N) is 1. The molecule has 0 unspecified atom stereocenters. The second-order valence-corrected chi connectivity index (χ2v) is 5.96. The van der Waals surface area contributed by atoms with Gasteiger partial charge >= 0.3 is 0 Å². The first-order chi connectivity index (χ1) is 10.1. The van der Waals surface area contributed by atoms with E-state index in [-0.39, 0.29) is 0 Å². The number of aryl methyl sites for hydroxylation is 2.